The van der Waals surface area contributed by atoms with Crippen molar-refractivity contribution >= 4 is 12.1 Å². The van der Waals surface area contributed by atoms with Gasteiger partial charge in [0.25, 0.3) is 5.91 Å². The van der Waals surface area contributed by atoms with Gasteiger partial charge in [0.2, 0.25) is 0 Å². The maximum atomic E-state index is 12.2. The largest absolute Gasteiger partial charge is 0.272 e. The number of hydrogen-bond acceptors (Lipinski definition) is 4. The standard InChI is InChI=1S/C23H19N5O/c1-17-7-5-8-18(13-17)22-20(16-28(27-22)21-10-3-2-4-11-21)15-25-26-23(29)19-9-6-12-24-14-19/h2-16H,1H3,(H,26,29)/b25-15-. The lowest BCUT2D eigenvalue weighted by atomic mass is 10.1. The van der Waals surface area contributed by atoms with Gasteiger partial charge < -0.3 is 0 Å². The zero-order valence-electron chi connectivity index (χ0n) is 15.9. The highest BCUT2D eigenvalue weighted by Gasteiger charge is 2.11. The van der Waals surface area contributed by atoms with Gasteiger partial charge in [0.05, 0.1) is 17.5 Å². The first-order valence-electron chi connectivity index (χ1n) is 9.16. The average molecular weight is 381 g/mol. The fraction of sp³-hybridized carbons (Fsp3) is 0.0435. The van der Waals surface area contributed by atoms with Gasteiger partial charge >= 0.3 is 0 Å². The molecule has 4 rings (SSSR count). The molecule has 0 spiro atoms. The lowest BCUT2D eigenvalue weighted by Gasteiger charge is -2.01. The van der Waals surface area contributed by atoms with Crippen LogP contribution in [0.1, 0.15) is 21.5 Å². The summed E-state index contributed by atoms with van der Waals surface area (Å²) in [5, 5.41) is 8.88. The number of hydrogen-bond donors (Lipinski definition) is 1. The number of benzene rings is 2. The van der Waals surface area contributed by atoms with Crippen molar-refractivity contribution in [3.05, 3.63) is 102 Å². The second kappa shape index (κ2) is 8.31. The number of amides is 1. The second-order valence-corrected chi connectivity index (χ2v) is 6.52. The fourth-order valence-electron chi connectivity index (χ4n) is 2.93. The van der Waals surface area contributed by atoms with Crippen molar-refractivity contribution in [2.45, 2.75) is 6.92 Å². The number of nitrogens with zero attached hydrogens (tertiary/aromatic N) is 4. The van der Waals surface area contributed by atoms with E-state index < -0.39 is 0 Å². The molecule has 0 aliphatic heterocycles. The lowest BCUT2D eigenvalue weighted by molar-refractivity contribution is 0.0955. The van der Waals surface area contributed by atoms with E-state index in [1.165, 1.54) is 6.20 Å². The molecule has 2 heterocycles. The van der Waals surface area contributed by atoms with E-state index in [9.17, 15) is 4.79 Å². The Hall–Kier alpha value is -4.06. The minimum Gasteiger partial charge on any atom is -0.267 e. The molecule has 6 heteroatoms. The summed E-state index contributed by atoms with van der Waals surface area (Å²) in [7, 11) is 0. The lowest BCUT2D eigenvalue weighted by Crippen LogP contribution is -2.17. The fourth-order valence-corrected chi connectivity index (χ4v) is 2.93. The minimum atomic E-state index is -0.318. The van der Waals surface area contributed by atoms with E-state index in [-0.39, 0.29) is 5.91 Å². The summed E-state index contributed by atoms with van der Waals surface area (Å²) in [6.07, 6.45) is 6.62. The van der Waals surface area contributed by atoms with Crippen LogP contribution < -0.4 is 5.43 Å². The van der Waals surface area contributed by atoms with E-state index in [1.54, 1.807) is 24.5 Å². The van der Waals surface area contributed by atoms with Gasteiger partial charge in [0, 0.05) is 29.7 Å². The Bertz CT molecular complexity index is 1150. The molecule has 0 aliphatic carbocycles. The summed E-state index contributed by atoms with van der Waals surface area (Å²) in [5.74, 6) is -0.318. The summed E-state index contributed by atoms with van der Waals surface area (Å²) in [6, 6.07) is 21.4. The van der Waals surface area contributed by atoms with Crippen molar-refractivity contribution in [1.29, 1.82) is 0 Å². The Labute approximate surface area is 168 Å². The predicted molar refractivity (Wildman–Crippen MR) is 113 cm³/mol. The van der Waals surface area contributed by atoms with Crippen molar-refractivity contribution in [2.75, 3.05) is 0 Å². The molecule has 0 aliphatic rings. The van der Waals surface area contributed by atoms with Crippen LogP contribution in [0.15, 0.2) is 90.4 Å². The Balaban J connectivity index is 1.66. The van der Waals surface area contributed by atoms with Crippen LogP contribution in [-0.2, 0) is 0 Å². The molecule has 1 N–H and O–H groups in total. The molecule has 2 aromatic heterocycles. The van der Waals surface area contributed by atoms with Crippen LogP contribution in [0.5, 0.6) is 0 Å². The van der Waals surface area contributed by atoms with Gasteiger partial charge in [0.15, 0.2) is 0 Å². The Kier molecular flexibility index (Phi) is 5.25. The molecule has 0 atom stereocenters. The molecule has 0 unspecified atom stereocenters. The number of rotatable bonds is 5. The number of para-hydroxylation sites is 1. The van der Waals surface area contributed by atoms with Gasteiger partial charge in [-0.05, 0) is 37.3 Å². The first-order chi connectivity index (χ1) is 14.2. The zero-order valence-corrected chi connectivity index (χ0v) is 15.9. The zero-order chi connectivity index (χ0) is 20.1. The molecule has 4 aromatic rings. The van der Waals surface area contributed by atoms with Gasteiger partial charge in [-0.2, -0.15) is 10.2 Å². The number of pyridine rings is 1. The Morgan fingerprint density at radius 3 is 2.69 bits per heavy atom. The third-order valence-corrected chi connectivity index (χ3v) is 4.35. The molecule has 1 amide bonds. The highest BCUT2D eigenvalue weighted by atomic mass is 16.2. The summed E-state index contributed by atoms with van der Waals surface area (Å²) in [6.45, 7) is 2.04. The van der Waals surface area contributed by atoms with Gasteiger partial charge in [-0.1, -0.05) is 42.0 Å². The van der Waals surface area contributed by atoms with Crippen molar-refractivity contribution in [1.82, 2.24) is 20.2 Å². The summed E-state index contributed by atoms with van der Waals surface area (Å²) in [5.41, 5.74) is 7.65. The first-order valence-corrected chi connectivity index (χ1v) is 9.16. The number of aryl methyl sites for hydroxylation is 1. The van der Waals surface area contributed by atoms with Crippen molar-refractivity contribution in [3.63, 3.8) is 0 Å². The van der Waals surface area contributed by atoms with E-state index in [0.717, 1.165) is 28.1 Å². The number of hydrazone groups is 1. The SMILES string of the molecule is Cc1cccc(-c2nn(-c3ccccc3)cc2/C=N\NC(=O)c2cccnc2)c1. The van der Waals surface area contributed by atoms with Gasteiger partial charge in [-0.25, -0.2) is 10.1 Å². The van der Waals surface area contributed by atoms with E-state index in [1.807, 2.05) is 66.3 Å². The third kappa shape index (κ3) is 4.27. The third-order valence-electron chi connectivity index (χ3n) is 4.35. The molecule has 0 bridgehead atoms. The summed E-state index contributed by atoms with van der Waals surface area (Å²) < 4.78 is 1.81. The Morgan fingerprint density at radius 1 is 1.07 bits per heavy atom. The van der Waals surface area contributed by atoms with E-state index in [0.29, 0.717) is 5.56 Å². The van der Waals surface area contributed by atoms with Gasteiger partial charge in [0.1, 0.15) is 5.69 Å². The van der Waals surface area contributed by atoms with E-state index >= 15 is 0 Å². The van der Waals surface area contributed by atoms with Crippen molar-refractivity contribution < 1.29 is 4.79 Å². The maximum Gasteiger partial charge on any atom is 0.272 e. The maximum absolute atomic E-state index is 12.2. The average Bonchev–Trinajstić information content (AvgIpc) is 3.19. The van der Waals surface area contributed by atoms with Crippen LogP contribution >= 0.6 is 0 Å². The quantitative estimate of drug-likeness (QED) is 0.419. The van der Waals surface area contributed by atoms with Crippen LogP contribution in [0.4, 0.5) is 0 Å². The Morgan fingerprint density at radius 2 is 1.93 bits per heavy atom. The molecular formula is C23H19N5O. The highest BCUT2D eigenvalue weighted by molar-refractivity contribution is 5.95. The first kappa shape index (κ1) is 18.3. The summed E-state index contributed by atoms with van der Waals surface area (Å²) in [4.78, 5) is 16.1. The highest BCUT2D eigenvalue weighted by Crippen LogP contribution is 2.23. The van der Waals surface area contributed by atoms with Gasteiger partial charge in [-0.3, -0.25) is 9.78 Å². The topological polar surface area (TPSA) is 72.2 Å². The van der Waals surface area contributed by atoms with E-state index in [4.69, 9.17) is 5.10 Å². The van der Waals surface area contributed by atoms with Crippen LogP contribution in [0.3, 0.4) is 0 Å². The van der Waals surface area contributed by atoms with Crippen LogP contribution in [0.2, 0.25) is 0 Å². The number of aromatic nitrogens is 3. The molecule has 0 radical (unpaired) electrons. The molecule has 6 nitrogen and oxygen atoms in total. The van der Waals surface area contributed by atoms with Crippen LogP contribution in [0.25, 0.3) is 16.9 Å². The van der Waals surface area contributed by atoms with Crippen molar-refractivity contribution in [2.24, 2.45) is 5.10 Å². The number of carbonyl (C=O) groups is 1. The minimum absolute atomic E-state index is 0.318. The number of nitrogens with one attached hydrogen (secondary N) is 1. The smallest absolute Gasteiger partial charge is 0.267 e. The van der Waals surface area contributed by atoms with Crippen LogP contribution in [0, 0.1) is 6.92 Å². The normalized spacial score (nSPS) is 10.9. The van der Waals surface area contributed by atoms with E-state index in [2.05, 4.69) is 21.6 Å². The molecule has 142 valence electrons. The molecule has 29 heavy (non-hydrogen) atoms. The molecule has 0 saturated heterocycles. The molecular weight excluding hydrogens is 362 g/mol. The summed E-state index contributed by atoms with van der Waals surface area (Å²) >= 11 is 0. The molecule has 2 aromatic carbocycles. The second-order valence-electron chi connectivity index (χ2n) is 6.52. The van der Waals surface area contributed by atoms with Crippen LogP contribution in [-0.4, -0.2) is 26.9 Å². The molecule has 0 fully saturated rings. The monoisotopic (exact) mass is 381 g/mol. The molecule has 0 saturated carbocycles. The predicted octanol–water partition coefficient (Wildman–Crippen LogP) is 4.01. The number of carbonyl (C=O) groups excluding carboxylic acids is 1. The van der Waals surface area contributed by atoms with Crippen molar-refractivity contribution in [3.8, 4) is 16.9 Å². The van der Waals surface area contributed by atoms with Gasteiger partial charge in [-0.15, -0.1) is 0 Å².